The summed E-state index contributed by atoms with van der Waals surface area (Å²) in [6.07, 6.45) is 10.1. The van der Waals surface area contributed by atoms with Crippen LogP contribution in [0.15, 0.2) is 37.1 Å². The molecule has 4 unspecified atom stereocenters. The van der Waals surface area contributed by atoms with E-state index in [2.05, 4.69) is 45.0 Å². The van der Waals surface area contributed by atoms with Gasteiger partial charge in [-0.3, -0.25) is 19.9 Å². The van der Waals surface area contributed by atoms with Crippen molar-refractivity contribution < 1.29 is 9.53 Å². The van der Waals surface area contributed by atoms with Crippen LogP contribution in [-0.2, 0) is 9.53 Å². The Bertz CT molecular complexity index is 1330. The number of pyridine rings is 1. The quantitative estimate of drug-likeness (QED) is 0.518. The number of fused-ring (bicyclic) bond motifs is 1. The van der Waals surface area contributed by atoms with Gasteiger partial charge in [0.05, 0.1) is 43.9 Å². The molecule has 1 amide bonds. The van der Waals surface area contributed by atoms with Crippen LogP contribution >= 0.6 is 0 Å². The number of anilines is 1. The maximum atomic E-state index is 14.1. The average molecular weight is 532 g/mol. The summed E-state index contributed by atoms with van der Waals surface area (Å²) in [5.74, 6) is 1.98. The van der Waals surface area contributed by atoms with Crippen LogP contribution in [0.4, 0.5) is 5.82 Å². The molecule has 4 atom stereocenters. The van der Waals surface area contributed by atoms with Gasteiger partial charge in [0.1, 0.15) is 17.8 Å². The highest BCUT2D eigenvalue weighted by Gasteiger charge is 2.47. The molecule has 0 aromatic carbocycles. The van der Waals surface area contributed by atoms with Crippen LogP contribution in [-0.4, -0.2) is 85.2 Å². The predicted molar refractivity (Wildman–Crippen MR) is 145 cm³/mol. The van der Waals surface area contributed by atoms with E-state index < -0.39 is 0 Å². The van der Waals surface area contributed by atoms with E-state index in [9.17, 15) is 4.79 Å². The van der Waals surface area contributed by atoms with E-state index in [-0.39, 0.29) is 30.0 Å². The minimum absolute atomic E-state index is 0.127. The predicted octanol–water partition coefficient (Wildman–Crippen LogP) is 2.61. The molecule has 3 aromatic heterocycles. The summed E-state index contributed by atoms with van der Waals surface area (Å²) in [6.45, 7) is 8.02. The maximum Gasteiger partial charge on any atom is 0.234 e. The third-order valence-corrected chi connectivity index (χ3v) is 8.90. The van der Waals surface area contributed by atoms with E-state index in [0.717, 1.165) is 39.1 Å². The number of aromatic nitrogens is 6. The number of carbonyl (C=O) groups excluding carboxylic acids is 1. The molecular formula is C28H37N9O2. The molecule has 2 aliphatic heterocycles. The van der Waals surface area contributed by atoms with Crippen LogP contribution in [0.1, 0.15) is 63.2 Å². The molecule has 4 fully saturated rings. The SMILES string of the molecule is CC(C)n1cnnc1-c1cccc(N2CNC3CC(N4CCOCC4)C(n4cnc(C5CC5)c4)CC3C2=O)n1. The number of hydrogen-bond acceptors (Lipinski definition) is 8. The number of rotatable bonds is 6. The molecule has 1 N–H and O–H groups in total. The van der Waals surface area contributed by atoms with Crippen LogP contribution in [0, 0.1) is 5.92 Å². The third kappa shape index (κ3) is 4.66. The number of ether oxygens (including phenoxy) is 1. The van der Waals surface area contributed by atoms with E-state index in [1.165, 1.54) is 18.5 Å². The summed E-state index contributed by atoms with van der Waals surface area (Å²) < 4.78 is 9.96. The summed E-state index contributed by atoms with van der Waals surface area (Å²) >= 11 is 0. The van der Waals surface area contributed by atoms with Crippen LogP contribution in [0.25, 0.3) is 11.5 Å². The normalized spacial score (nSPS) is 28.2. The van der Waals surface area contributed by atoms with E-state index in [1.807, 2.05) is 29.1 Å². The number of morpholine rings is 1. The Kier molecular flexibility index (Phi) is 6.44. The van der Waals surface area contributed by atoms with Gasteiger partial charge < -0.3 is 13.9 Å². The van der Waals surface area contributed by atoms with Crippen molar-refractivity contribution in [2.45, 2.75) is 69.6 Å². The summed E-state index contributed by atoms with van der Waals surface area (Å²) in [5, 5.41) is 12.1. The molecule has 5 heterocycles. The molecule has 3 aromatic rings. The number of amides is 1. The molecule has 7 rings (SSSR count). The second-order valence-electron chi connectivity index (χ2n) is 11.7. The van der Waals surface area contributed by atoms with E-state index in [1.54, 1.807) is 11.2 Å². The fraction of sp³-hybridized carbons (Fsp3) is 0.607. The molecule has 2 saturated carbocycles. The Morgan fingerprint density at radius 3 is 2.72 bits per heavy atom. The van der Waals surface area contributed by atoms with Gasteiger partial charge in [0.15, 0.2) is 5.82 Å². The summed E-state index contributed by atoms with van der Waals surface area (Å²) in [7, 11) is 0. The highest BCUT2D eigenvalue weighted by molar-refractivity contribution is 5.95. The molecule has 4 aliphatic rings. The second-order valence-corrected chi connectivity index (χ2v) is 11.7. The van der Waals surface area contributed by atoms with Crippen LogP contribution in [0.5, 0.6) is 0 Å². The summed E-state index contributed by atoms with van der Waals surface area (Å²) in [4.78, 5) is 28.1. The highest BCUT2D eigenvalue weighted by atomic mass is 16.5. The molecule has 0 spiro atoms. The Balaban J connectivity index is 1.16. The van der Waals surface area contributed by atoms with Crippen LogP contribution in [0.3, 0.4) is 0 Å². The smallest absolute Gasteiger partial charge is 0.234 e. The lowest BCUT2D eigenvalue weighted by Crippen LogP contribution is -2.63. The van der Waals surface area contributed by atoms with Crippen molar-refractivity contribution >= 4 is 11.7 Å². The first kappa shape index (κ1) is 24.9. The lowest BCUT2D eigenvalue weighted by atomic mass is 9.76. The van der Waals surface area contributed by atoms with E-state index >= 15 is 0 Å². The molecule has 206 valence electrons. The van der Waals surface area contributed by atoms with Gasteiger partial charge in [-0.15, -0.1) is 10.2 Å². The molecule has 0 bridgehead atoms. The van der Waals surface area contributed by atoms with Gasteiger partial charge in [-0.25, -0.2) is 9.97 Å². The lowest BCUT2D eigenvalue weighted by Gasteiger charge is -2.50. The van der Waals surface area contributed by atoms with Crippen molar-refractivity contribution in [3.05, 3.63) is 42.7 Å². The van der Waals surface area contributed by atoms with Crippen molar-refractivity contribution in [3.8, 4) is 11.5 Å². The van der Waals surface area contributed by atoms with Gasteiger partial charge in [-0.2, -0.15) is 0 Å². The topological polar surface area (TPSA) is 106 Å². The first-order chi connectivity index (χ1) is 19.1. The molecule has 2 aliphatic carbocycles. The van der Waals surface area contributed by atoms with Crippen molar-refractivity contribution in [3.63, 3.8) is 0 Å². The van der Waals surface area contributed by atoms with E-state index in [4.69, 9.17) is 14.7 Å². The minimum atomic E-state index is -0.127. The van der Waals surface area contributed by atoms with Crippen molar-refractivity contribution in [2.24, 2.45) is 5.92 Å². The summed E-state index contributed by atoms with van der Waals surface area (Å²) in [5.41, 5.74) is 1.91. The first-order valence-electron chi connectivity index (χ1n) is 14.3. The van der Waals surface area contributed by atoms with Gasteiger partial charge in [0, 0.05) is 43.3 Å². The molecule has 11 nitrogen and oxygen atoms in total. The largest absolute Gasteiger partial charge is 0.379 e. The third-order valence-electron chi connectivity index (χ3n) is 8.90. The molecule has 39 heavy (non-hydrogen) atoms. The minimum Gasteiger partial charge on any atom is -0.379 e. The number of nitrogens with zero attached hydrogens (tertiary/aromatic N) is 8. The van der Waals surface area contributed by atoms with Gasteiger partial charge in [0.2, 0.25) is 5.91 Å². The first-order valence-corrected chi connectivity index (χ1v) is 14.3. The standard InChI is InChI=1S/C28H37N9O2/c1-18(2)36-17-31-33-27(36)21-4-3-5-26(32-21)37-16-30-22-13-25(34-8-10-39-11-9-34)24(12-20(22)28(37)38)35-14-23(29-15-35)19-6-7-19/h3-5,14-15,17-20,22,24-25,30H,6-13,16H2,1-2H3. The Morgan fingerprint density at radius 2 is 1.92 bits per heavy atom. The zero-order valence-corrected chi connectivity index (χ0v) is 22.7. The molecule has 0 radical (unpaired) electrons. The molecule has 2 saturated heterocycles. The van der Waals surface area contributed by atoms with Crippen molar-refractivity contribution in [1.82, 2.24) is 39.5 Å². The van der Waals surface area contributed by atoms with Gasteiger partial charge in [-0.1, -0.05) is 6.07 Å². The average Bonchev–Trinajstić information content (AvgIpc) is 3.48. The Morgan fingerprint density at radius 1 is 1.08 bits per heavy atom. The van der Waals surface area contributed by atoms with Gasteiger partial charge in [0.25, 0.3) is 0 Å². The Labute approximate surface area is 228 Å². The second kappa shape index (κ2) is 10.1. The van der Waals surface area contributed by atoms with Gasteiger partial charge in [-0.05, 0) is 51.7 Å². The lowest BCUT2D eigenvalue weighted by molar-refractivity contribution is -0.128. The fourth-order valence-corrected chi connectivity index (χ4v) is 6.59. The number of imidazole rings is 1. The zero-order chi connectivity index (χ0) is 26.5. The monoisotopic (exact) mass is 531 g/mol. The van der Waals surface area contributed by atoms with Crippen LogP contribution in [0.2, 0.25) is 0 Å². The van der Waals surface area contributed by atoms with Crippen LogP contribution < -0.4 is 10.2 Å². The number of carbonyl (C=O) groups is 1. The van der Waals surface area contributed by atoms with Crippen molar-refractivity contribution in [1.29, 1.82) is 0 Å². The number of nitrogens with one attached hydrogen (secondary N) is 1. The van der Waals surface area contributed by atoms with Crippen molar-refractivity contribution in [2.75, 3.05) is 37.9 Å². The summed E-state index contributed by atoms with van der Waals surface area (Å²) in [6, 6.07) is 6.66. The zero-order valence-electron chi connectivity index (χ0n) is 22.7. The van der Waals surface area contributed by atoms with E-state index in [0.29, 0.717) is 36.0 Å². The number of hydrogen-bond donors (Lipinski definition) is 1. The maximum absolute atomic E-state index is 14.1. The Hall–Kier alpha value is -3.15. The molecule has 11 heteroatoms. The van der Waals surface area contributed by atoms with Gasteiger partial charge >= 0.3 is 0 Å². The fourth-order valence-electron chi connectivity index (χ4n) is 6.59. The molecular weight excluding hydrogens is 494 g/mol. The highest BCUT2D eigenvalue weighted by Crippen LogP contribution is 2.42.